The number of carboxylic acid groups (broad SMARTS) is 1. The Labute approximate surface area is 132 Å². The maximum absolute atomic E-state index is 12.0. The SMILES string of the molecule is O=C(O)C1CSCN1C(=O)Nc1ccc(I)cc1Cl. The summed E-state index contributed by atoms with van der Waals surface area (Å²) in [6.45, 7) is 0. The van der Waals surface area contributed by atoms with Crippen LogP contribution in [0.25, 0.3) is 0 Å². The molecule has 1 heterocycles. The minimum absolute atomic E-state index is 0.366. The Morgan fingerprint density at radius 1 is 1.53 bits per heavy atom. The average Bonchev–Trinajstić information content (AvgIpc) is 2.82. The van der Waals surface area contributed by atoms with E-state index in [2.05, 4.69) is 27.9 Å². The third kappa shape index (κ3) is 3.46. The van der Waals surface area contributed by atoms with Gasteiger partial charge in [0.1, 0.15) is 6.04 Å². The molecule has 1 saturated heterocycles. The number of carbonyl (C=O) groups excluding carboxylic acids is 1. The molecule has 19 heavy (non-hydrogen) atoms. The van der Waals surface area contributed by atoms with Gasteiger partial charge in [0.15, 0.2) is 0 Å². The number of thioether (sulfide) groups is 1. The summed E-state index contributed by atoms with van der Waals surface area (Å²) < 4.78 is 0.959. The van der Waals surface area contributed by atoms with Gasteiger partial charge in [0.2, 0.25) is 0 Å². The van der Waals surface area contributed by atoms with E-state index >= 15 is 0 Å². The number of anilines is 1. The molecule has 0 saturated carbocycles. The lowest BCUT2D eigenvalue weighted by molar-refractivity contribution is -0.140. The number of carboxylic acids is 1. The molecule has 0 radical (unpaired) electrons. The Hall–Kier alpha value is -0.670. The summed E-state index contributed by atoms with van der Waals surface area (Å²) >= 11 is 9.55. The monoisotopic (exact) mass is 412 g/mol. The number of benzene rings is 1. The van der Waals surface area contributed by atoms with Gasteiger partial charge in [-0.25, -0.2) is 9.59 Å². The highest BCUT2D eigenvalue weighted by Crippen LogP contribution is 2.26. The van der Waals surface area contributed by atoms with E-state index in [1.165, 1.54) is 16.7 Å². The van der Waals surface area contributed by atoms with E-state index in [9.17, 15) is 9.59 Å². The van der Waals surface area contributed by atoms with E-state index < -0.39 is 18.0 Å². The van der Waals surface area contributed by atoms with Crippen LogP contribution in [0, 0.1) is 3.57 Å². The number of rotatable bonds is 2. The first-order valence-corrected chi connectivity index (χ1v) is 7.93. The van der Waals surface area contributed by atoms with Crippen LogP contribution in [0.5, 0.6) is 0 Å². The summed E-state index contributed by atoms with van der Waals surface area (Å²) in [4.78, 5) is 24.4. The summed E-state index contributed by atoms with van der Waals surface area (Å²) in [5.41, 5.74) is 0.480. The Kier molecular flexibility index (Phi) is 4.80. The largest absolute Gasteiger partial charge is 0.480 e. The van der Waals surface area contributed by atoms with Crippen LogP contribution >= 0.6 is 46.0 Å². The smallest absolute Gasteiger partial charge is 0.327 e. The standard InChI is InChI=1S/C11H10ClIN2O3S/c12-7-3-6(13)1-2-8(7)14-11(18)15-5-19-4-9(15)10(16)17/h1-3,9H,4-5H2,(H,14,18)(H,16,17). The molecular formula is C11H10ClIN2O3S. The summed E-state index contributed by atoms with van der Waals surface area (Å²) in [6.07, 6.45) is 0. The van der Waals surface area contributed by atoms with Crippen molar-refractivity contribution in [1.82, 2.24) is 4.90 Å². The molecular weight excluding hydrogens is 403 g/mol. The van der Waals surface area contributed by atoms with Crippen molar-refractivity contribution in [2.45, 2.75) is 6.04 Å². The van der Waals surface area contributed by atoms with Crippen LogP contribution in [0.4, 0.5) is 10.5 Å². The highest BCUT2D eigenvalue weighted by molar-refractivity contribution is 14.1. The first-order chi connectivity index (χ1) is 8.99. The number of aliphatic carboxylic acids is 1. The third-order valence-electron chi connectivity index (χ3n) is 2.60. The maximum Gasteiger partial charge on any atom is 0.327 e. The predicted octanol–water partition coefficient (Wildman–Crippen LogP) is 2.94. The van der Waals surface area contributed by atoms with Gasteiger partial charge in [0.25, 0.3) is 0 Å². The lowest BCUT2D eigenvalue weighted by Crippen LogP contribution is -2.44. The molecule has 1 fully saturated rings. The maximum atomic E-state index is 12.0. The zero-order valence-corrected chi connectivity index (χ0v) is 13.3. The van der Waals surface area contributed by atoms with Gasteiger partial charge in [-0.2, -0.15) is 0 Å². The fourth-order valence-electron chi connectivity index (χ4n) is 1.63. The van der Waals surface area contributed by atoms with Gasteiger partial charge >= 0.3 is 12.0 Å². The van der Waals surface area contributed by atoms with Gasteiger partial charge in [-0.3, -0.25) is 0 Å². The fourth-order valence-corrected chi connectivity index (χ4v) is 3.67. The van der Waals surface area contributed by atoms with E-state index in [1.54, 1.807) is 12.1 Å². The highest BCUT2D eigenvalue weighted by atomic mass is 127. The minimum Gasteiger partial charge on any atom is -0.480 e. The van der Waals surface area contributed by atoms with Gasteiger partial charge in [-0.15, -0.1) is 11.8 Å². The normalized spacial score (nSPS) is 18.4. The first kappa shape index (κ1) is 14.7. The minimum atomic E-state index is -0.992. The van der Waals surface area contributed by atoms with Crippen molar-refractivity contribution in [3.63, 3.8) is 0 Å². The number of urea groups is 1. The number of hydrogen-bond donors (Lipinski definition) is 2. The van der Waals surface area contributed by atoms with Gasteiger partial charge in [-0.05, 0) is 40.8 Å². The number of halogens is 2. The molecule has 0 bridgehead atoms. The van der Waals surface area contributed by atoms with Crippen LogP contribution < -0.4 is 5.32 Å². The van der Waals surface area contributed by atoms with Gasteiger partial charge in [0, 0.05) is 9.32 Å². The molecule has 2 amide bonds. The second-order valence-corrected chi connectivity index (χ2v) is 6.53. The molecule has 2 N–H and O–H groups in total. The molecule has 1 aliphatic heterocycles. The summed E-state index contributed by atoms with van der Waals surface area (Å²) in [5, 5.41) is 12.1. The zero-order chi connectivity index (χ0) is 14.0. The van der Waals surface area contributed by atoms with Crippen molar-refractivity contribution in [3.05, 3.63) is 26.8 Å². The van der Waals surface area contributed by atoms with Crippen molar-refractivity contribution in [3.8, 4) is 0 Å². The highest BCUT2D eigenvalue weighted by Gasteiger charge is 2.34. The lowest BCUT2D eigenvalue weighted by Gasteiger charge is -2.21. The molecule has 102 valence electrons. The first-order valence-electron chi connectivity index (χ1n) is 5.32. The van der Waals surface area contributed by atoms with Crippen LogP contribution in [0.15, 0.2) is 18.2 Å². The number of nitrogens with one attached hydrogen (secondary N) is 1. The second kappa shape index (κ2) is 6.19. The van der Waals surface area contributed by atoms with Crippen LogP contribution in [0.1, 0.15) is 0 Å². The molecule has 1 aromatic carbocycles. The Morgan fingerprint density at radius 2 is 2.26 bits per heavy atom. The lowest BCUT2D eigenvalue weighted by atomic mass is 10.3. The average molecular weight is 413 g/mol. The molecule has 1 aliphatic rings. The summed E-state index contributed by atoms with van der Waals surface area (Å²) in [5.74, 6) is -0.220. The second-order valence-electron chi connectivity index (χ2n) is 3.88. The van der Waals surface area contributed by atoms with Gasteiger partial charge in [0.05, 0.1) is 16.6 Å². The molecule has 2 rings (SSSR count). The van der Waals surface area contributed by atoms with E-state index in [0.717, 1.165) is 3.57 Å². The molecule has 5 nitrogen and oxygen atoms in total. The van der Waals surface area contributed by atoms with Gasteiger partial charge in [-0.1, -0.05) is 11.6 Å². The molecule has 0 aromatic heterocycles. The number of amides is 2. The molecule has 1 atom stereocenters. The van der Waals surface area contributed by atoms with E-state index in [0.29, 0.717) is 22.3 Å². The molecule has 8 heteroatoms. The number of nitrogens with zero attached hydrogens (tertiary/aromatic N) is 1. The van der Waals surface area contributed by atoms with Crippen LogP contribution in [-0.4, -0.2) is 39.7 Å². The number of hydrogen-bond acceptors (Lipinski definition) is 3. The third-order valence-corrected chi connectivity index (χ3v) is 4.60. The van der Waals surface area contributed by atoms with Crippen LogP contribution in [-0.2, 0) is 4.79 Å². The Morgan fingerprint density at radius 3 is 2.89 bits per heavy atom. The molecule has 1 aromatic rings. The van der Waals surface area contributed by atoms with Crippen LogP contribution in [0.3, 0.4) is 0 Å². The van der Waals surface area contributed by atoms with E-state index in [1.807, 2.05) is 6.07 Å². The Balaban J connectivity index is 2.10. The van der Waals surface area contributed by atoms with Crippen molar-refractivity contribution in [2.24, 2.45) is 0 Å². The quantitative estimate of drug-likeness (QED) is 0.733. The van der Waals surface area contributed by atoms with Gasteiger partial charge < -0.3 is 15.3 Å². The van der Waals surface area contributed by atoms with Crippen molar-refractivity contribution in [1.29, 1.82) is 0 Å². The zero-order valence-electron chi connectivity index (χ0n) is 9.60. The fraction of sp³-hybridized carbons (Fsp3) is 0.273. The van der Waals surface area contributed by atoms with E-state index in [4.69, 9.17) is 16.7 Å². The molecule has 0 spiro atoms. The summed E-state index contributed by atoms with van der Waals surface area (Å²) in [7, 11) is 0. The molecule has 0 aliphatic carbocycles. The van der Waals surface area contributed by atoms with Crippen molar-refractivity contribution in [2.75, 3.05) is 16.9 Å². The van der Waals surface area contributed by atoms with E-state index in [-0.39, 0.29) is 0 Å². The summed E-state index contributed by atoms with van der Waals surface area (Å²) in [6, 6.07) is 4.01. The number of carbonyl (C=O) groups is 2. The Bertz CT molecular complexity index is 529. The van der Waals surface area contributed by atoms with Crippen LogP contribution in [0.2, 0.25) is 5.02 Å². The van der Waals surface area contributed by atoms with Crippen molar-refractivity contribution >= 4 is 63.6 Å². The predicted molar refractivity (Wildman–Crippen MR) is 83.8 cm³/mol. The van der Waals surface area contributed by atoms with Crippen molar-refractivity contribution < 1.29 is 14.7 Å². The molecule has 1 unspecified atom stereocenters. The topological polar surface area (TPSA) is 69.6 Å².